The Balaban J connectivity index is 1.48. The lowest BCUT2D eigenvalue weighted by Crippen LogP contribution is -2.51. The third-order valence-electron chi connectivity index (χ3n) is 4.16. The van der Waals surface area contributed by atoms with Crippen molar-refractivity contribution >= 4 is 23.2 Å². The Hall–Kier alpha value is -2.27. The van der Waals surface area contributed by atoms with Gasteiger partial charge in [-0.2, -0.15) is 0 Å². The van der Waals surface area contributed by atoms with Crippen molar-refractivity contribution < 1.29 is 0 Å². The molecule has 0 radical (unpaired) electrons. The number of aromatic nitrogens is 1. The third-order valence-corrected chi connectivity index (χ3v) is 4.42. The van der Waals surface area contributed by atoms with Gasteiger partial charge in [-0.25, -0.2) is 0 Å². The number of pyridine rings is 1. The van der Waals surface area contributed by atoms with Crippen LogP contribution in [-0.2, 0) is 6.42 Å². The van der Waals surface area contributed by atoms with Gasteiger partial charge in [-0.05, 0) is 36.4 Å². The van der Waals surface area contributed by atoms with Crippen LogP contribution in [0, 0.1) is 0 Å². The molecule has 0 atom stereocenters. The van der Waals surface area contributed by atoms with Crippen LogP contribution in [0.4, 0.5) is 5.69 Å². The minimum atomic E-state index is 0.627. The van der Waals surface area contributed by atoms with Crippen LogP contribution in [0.25, 0.3) is 0 Å². The normalized spacial score (nSPS) is 15.6. The second-order valence-corrected chi connectivity index (χ2v) is 6.20. The quantitative estimate of drug-likeness (QED) is 0.684. The Morgan fingerprint density at radius 1 is 1.08 bits per heavy atom. The highest BCUT2D eigenvalue weighted by Crippen LogP contribution is 2.19. The van der Waals surface area contributed by atoms with E-state index in [-0.39, 0.29) is 0 Å². The number of piperazine rings is 1. The molecule has 0 unspecified atom stereocenters. The van der Waals surface area contributed by atoms with E-state index in [1.165, 1.54) is 5.69 Å². The van der Waals surface area contributed by atoms with Crippen molar-refractivity contribution in [2.24, 2.45) is 10.7 Å². The summed E-state index contributed by atoms with van der Waals surface area (Å²) in [5.74, 6) is 0.627. The molecule has 2 heterocycles. The SMILES string of the molecule is NC(=NCCc1ccccn1)N1CCN(c2ccc(Cl)cc2)CC1. The van der Waals surface area contributed by atoms with Gasteiger partial charge in [0, 0.05) is 61.7 Å². The van der Waals surface area contributed by atoms with Crippen molar-refractivity contribution in [3.05, 3.63) is 59.4 Å². The fourth-order valence-corrected chi connectivity index (χ4v) is 2.90. The zero-order valence-electron chi connectivity index (χ0n) is 13.6. The molecule has 1 saturated heterocycles. The van der Waals surface area contributed by atoms with Crippen molar-refractivity contribution in [3.8, 4) is 0 Å². The van der Waals surface area contributed by atoms with Gasteiger partial charge >= 0.3 is 0 Å². The van der Waals surface area contributed by atoms with E-state index in [0.717, 1.165) is 43.3 Å². The van der Waals surface area contributed by atoms with Gasteiger partial charge in [-0.3, -0.25) is 9.98 Å². The second kappa shape index (κ2) is 8.02. The standard InChI is InChI=1S/C18H22ClN5/c19-15-4-6-17(7-5-15)23-11-13-24(14-12-23)18(20)22-10-8-16-3-1-2-9-21-16/h1-7,9H,8,10-14H2,(H2,20,22). The van der Waals surface area contributed by atoms with E-state index in [4.69, 9.17) is 17.3 Å². The lowest BCUT2D eigenvalue weighted by molar-refractivity contribution is 0.381. The summed E-state index contributed by atoms with van der Waals surface area (Å²) in [6.07, 6.45) is 2.62. The van der Waals surface area contributed by atoms with E-state index in [1.54, 1.807) is 6.20 Å². The number of halogens is 1. The minimum absolute atomic E-state index is 0.627. The summed E-state index contributed by atoms with van der Waals surface area (Å²) < 4.78 is 0. The first-order chi connectivity index (χ1) is 11.7. The number of hydrogen-bond donors (Lipinski definition) is 1. The van der Waals surface area contributed by atoms with E-state index in [1.807, 2.05) is 30.3 Å². The first kappa shape index (κ1) is 16.6. The Kier molecular flexibility index (Phi) is 5.54. The maximum Gasteiger partial charge on any atom is 0.191 e. The fraction of sp³-hybridized carbons (Fsp3) is 0.333. The summed E-state index contributed by atoms with van der Waals surface area (Å²) in [4.78, 5) is 13.3. The third kappa shape index (κ3) is 4.38. The number of guanidine groups is 1. The van der Waals surface area contributed by atoms with Crippen LogP contribution in [0.5, 0.6) is 0 Å². The van der Waals surface area contributed by atoms with Crippen molar-refractivity contribution in [2.45, 2.75) is 6.42 Å². The minimum Gasteiger partial charge on any atom is -0.370 e. The Morgan fingerprint density at radius 3 is 2.50 bits per heavy atom. The number of nitrogens with two attached hydrogens (primary N) is 1. The Bertz CT molecular complexity index is 664. The summed E-state index contributed by atoms with van der Waals surface area (Å²) in [7, 11) is 0. The number of hydrogen-bond acceptors (Lipinski definition) is 3. The van der Waals surface area contributed by atoms with Crippen LogP contribution < -0.4 is 10.6 Å². The van der Waals surface area contributed by atoms with Crippen molar-refractivity contribution in [3.63, 3.8) is 0 Å². The molecule has 24 heavy (non-hydrogen) atoms. The van der Waals surface area contributed by atoms with E-state index < -0.39 is 0 Å². The van der Waals surface area contributed by atoms with Crippen LogP contribution in [0.3, 0.4) is 0 Å². The molecule has 126 valence electrons. The topological polar surface area (TPSA) is 57.8 Å². The van der Waals surface area contributed by atoms with Crippen LogP contribution >= 0.6 is 11.6 Å². The molecule has 0 amide bonds. The number of anilines is 1. The highest BCUT2D eigenvalue weighted by Gasteiger charge is 2.18. The van der Waals surface area contributed by atoms with Crippen LogP contribution in [0.15, 0.2) is 53.7 Å². The Morgan fingerprint density at radius 2 is 1.83 bits per heavy atom. The number of aliphatic imine (C=N–C) groups is 1. The summed E-state index contributed by atoms with van der Waals surface area (Å²) in [5.41, 5.74) is 8.38. The van der Waals surface area contributed by atoms with Crippen LogP contribution in [-0.4, -0.2) is 48.6 Å². The molecular formula is C18H22ClN5. The molecule has 0 aliphatic carbocycles. The lowest BCUT2D eigenvalue weighted by Gasteiger charge is -2.36. The maximum atomic E-state index is 6.14. The monoisotopic (exact) mass is 343 g/mol. The zero-order valence-corrected chi connectivity index (χ0v) is 14.4. The molecule has 5 nitrogen and oxygen atoms in total. The van der Waals surface area contributed by atoms with Gasteiger partial charge < -0.3 is 15.5 Å². The first-order valence-corrected chi connectivity index (χ1v) is 8.55. The predicted molar refractivity (Wildman–Crippen MR) is 99.7 cm³/mol. The predicted octanol–water partition coefficient (Wildman–Crippen LogP) is 2.41. The molecule has 1 aliphatic rings. The van der Waals surface area contributed by atoms with Gasteiger partial charge in [0.1, 0.15) is 0 Å². The molecular weight excluding hydrogens is 322 g/mol. The molecule has 1 aromatic heterocycles. The molecule has 1 aliphatic heterocycles. The number of benzene rings is 1. The summed E-state index contributed by atoms with van der Waals surface area (Å²) in [6, 6.07) is 13.9. The van der Waals surface area contributed by atoms with E-state index in [2.05, 4.69) is 31.9 Å². The average Bonchev–Trinajstić information content (AvgIpc) is 2.63. The summed E-state index contributed by atoms with van der Waals surface area (Å²) in [5, 5.41) is 0.765. The maximum absolute atomic E-state index is 6.14. The fourth-order valence-electron chi connectivity index (χ4n) is 2.78. The molecule has 0 spiro atoms. The molecule has 2 aromatic rings. The molecule has 6 heteroatoms. The highest BCUT2D eigenvalue weighted by atomic mass is 35.5. The van der Waals surface area contributed by atoms with Gasteiger partial charge in [0.05, 0.1) is 0 Å². The van der Waals surface area contributed by atoms with Crippen molar-refractivity contribution in [1.82, 2.24) is 9.88 Å². The average molecular weight is 344 g/mol. The molecule has 0 saturated carbocycles. The van der Waals surface area contributed by atoms with E-state index in [9.17, 15) is 0 Å². The van der Waals surface area contributed by atoms with Gasteiger partial charge in [0.2, 0.25) is 0 Å². The molecule has 1 fully saturated rings. The first-order valence-electron chi connectivity index (χ1n) is 8.18. The van der Waals surface area contributed by atoms with Crippen LogP contribution in [0.1, 0.15) is 5.69 Å². The van der Waals surface area contributed by atoms with E-state index >= 15 is 0 Å². The van der Waals surface area contributed by atoms with Gasteiger partial charge in [-0.15, -0.1) is 0 Å². The van der Waals surface area contributed by atoms with Gasteiger partial charge in [-0.1, -0.05) is 17.7 Å². The van der Waals surface area contributed by atoms with Crippen LogP contribution in [0.2, 0.25) is 5.02 Å². The Labute approximate surface area is 147 Å². The van der Waals surface area contributed by atoms with E-state index in [0.29, 0.717) is 12.5 Å². The molecule has 0 bridgehead atoms. The largest absolute Gasteiger partial charge is 0.370 e. The summed E-state index contributed by atoms with van der Waals surface area (Å²) >= 11 is 5.94. The summed E-state index contributed by atoms with van der Waals surface area (Å²) in [6.45, 7) is 4.28. The van der Waals surface area contributed by atoms with Crippen molar-refractivity contribution in [1.29, 1.82) is 0 Å². The number of rotatable bonds is 4. The van der Waals surface area contributed by atoms with Gasteiger partial charge in [0.25, 0.3) is 0 Å². The molecule has 1 aromatic carbocycles. The molecule has 2 N–H and O–H groups in total. The molecule has 3 rings (SSSR count). The zero-order chi connectivity index (χ0) is 16.8. The van der Waals surface area contributed by atoms with Crippen molar-refractivity contribution in [2.75, 3.05) is 37.6 Å². The highest BCUT2D eigenvalue weighted by molar-refractivity contribution is 6.30. The van der Waals surface area contributed by atoms with Gasteiger partial charge in [0.15, 0.2) is 5.96 Å². The number of nitrogens with zero attached hydrogens (tertiary/aromatic N) is 4. The lowest BCUT2D eigenvalue weighted by atomic mass is 10.2. The second-order valence-electron chi connectivity index (χ2n) is 5.76. The smallest absolute Gasteiger partial charge is 0.191 e.